The smallest absolute Gasteiger partial charge is 0.324 e. The van der Waals surface area contributed by atoms with Gasteiger partial charge in [-0.15, -0.1) is 0 Å². The van der Waals surface area contributed by atoms with Gasteiger partial charge in [-0.1, -0.05) is 225 Å². The minimum absolute atomic E-state index is 0. The number of hydrogen-bond donors (Lipinski definition) is 1. The number of aliphatic hydroxyl groups is 1. The third kappa shape index (κ3) is 11.0. The summed E-state index contributed by atoms with van der Waals surface area (Å²) in [5, 5.41) is 10.5. The Hall–Kier alpha value is -7.95. The van der Waals surface area contributed by atoms with Gasteiger partial charge in [-0.2, -0.15) is 0 Å². The number of nitrogens with zero attached hydrogens (tertiary/aromatic N) is 2. The highest BCUT2D eigenvalue weighted by Crippen LogP contribution is 2.57. The van der Waals surface area contributed by atoms with E-state index in [4.69, 9.17) is 14.2 Å². The number of rotatable bonds is 16. The first-order chi connectivity index (χ1) is 38.4. The SMILES string of the molecule is COC(=O)[C@H](C)[C@@H](C(=O)OC(C)(C)C)N(Cc1ccccc1)C1(c2ccccc2)c2ccccc2-c2ccccc21.C[C@@H](CO)[C@@H](C(=O)OC(C)(C)C)N(Cc1ccccc1)C1(c2ccccc2)c2ccccc2-c2ccccc21.[2HH]. The van der Waals surface area contributed by atoms with Gasteiger partial charge in [0.05, 0.1) is 24.1 Å². The average Bonchev–Trinajstić information content (AvgIpc) is 4.17. The monoisotopic (exact) mass is 1070 g/mol. The number of aliphatic hydroxyl groups excluding tert-OH is 1. The Kier molecular flexibility index (Phi) is 16.9. The molecule has 2 aliphatic rings. The van der Waals surface area contributed by atoms with Crippen molar-refractivity contribution in [3.63, 3.8) is 0 Å². The van der Waals surface area contributed by atoms with E-state index in [0.29, 0.717) is 13.1 Å². The molecule has 0 aromatic heterocycles. The summed E-state index contributed by atoms with van der Waals surface area (Å²) < 4.78 is 17.4. The van der Waals surface area contributed by atoms with Crippen molar-refractivity contribution in [1.82, 2.24) is 9.80 Å². The number of ether oxygens (including phenoxy) is 3. The van der Waals surface area contributed by atoms with Crippen LogP contribution in [0.25, 0.3) is 22.3 Å². The second-order valence-corrected chi connectivity index (χ2v) is 23.0. The molecule has 80 heavy (non-hydrogen) atoms. The Labute approximate surface area is 474 Å². The normalized spacial score (nSPS) is 15.2. The predicted molar refractivity (Wildman–Crippen MR) is 319 cm³/mol. The Balaban J connectivity index is 0.000000210. The molecule has 0 fully saturated rings. The highest BCUT2D eigenvalue weighted by molar-refractivity contribution is 5.88. The summed E-state index contributed by atoms with van der Waals surface area (Å²) >= 11 is 0. The lowest BCUT2D eigenvalue weighted by Crippen LogP contribution is -2.58. The lowest BCUT2D eigenvalue weighted by molar-refractivity contribution is -0.171. The van der Waals surface area contributed by atoms with Crippen molar-refractivity contribution in [2.45, 2.75) is 103 Å². The zero-order valence-electron chi connectivity index (χ0n) is 47.5. The molecule has 8 aromatic rings. The van der Waals surface area contributed by atoms with Crippen LogP contribution in [0, 0.1) is 11.8 Å². The van der Waals surface area contributed by atoms with Crippen LogP contribution in [0.2, 0.25) is 0 Å². The number of hydrogen-bond acceptors (Lipinski definition) is 9. The van der Waals surface area contributed by atoms with Crippen LogP contribution in [0.5, 0.6) is 0 Å². The van der Waals surface area contributed by atoms with Crippen molar-refractivity contribution >= 4 is 17.9 Å². The summed E-state index contributed by atoms with van der Waals surface area (Å²) in [6.45, 7) is 15.6. The molecule has 412 valence electrons. The molecule has 0 radical (unpaired) electrons. The summed E-state index contributed by atoms with van der Waals surface area (Å²) in [5.74, 6) is -2.48. The van der Waals surface area contributed by atoms with Crippen LogP contribution in [0.15, 0.2) is 218 Å². The van der Waals surface area contributed by atoms with Crippen LogP contribution >= 0.6 is 0 Å². The maximum Gasteiger partial charge on any atom is 0.324 e. The molecule has 4 atom stereocenters. The van der Waals surface area contributed by atoms with Gasteiger partial charge in [-0.3, -0.25) is 24.2 Å². The second-order valence-electron chi connectivity index (χ2n) is 23.0. The topological polar surface area (TPSA) is 106 Å². The molecule has 9 heteroatoms. The lowest BCUT2D eigenvalue weighted by Gasteiger charge is -2.48. The maximum absolute atomic E-state index is 14.3. The van der Waals surface area contributed by atoms with Crippen LogP contribution in [-0.4, -0.2) is 69.8 Å². The third-order valence-electron chi connectivity index (χ3n) is 15.3. The lowest BCUT2D eigenvalue weighted by atomic mass is 9.76. The molecule has 0 bridgehead atoms. The summed E-state index contributed by atoms with van der Waals surface area (Å²) in [5.41, 5.74) is 9.84. The minimum atomic E-state index is -0.971. The van der Waals surface area contributed by atoms with Crippen LogP contribution in [0.3, 0.4) is 0 Å². The molecule has 0 unspecified atom stereocenters. The Morgan fingerprint density at radius 3 is 1.04 bits per heavy atom. The van der Waals surface area contributed by atoms with Gasteiger partial charge in [-0.25, -0.2) is 0 Å². The van der Waals surface area contributed by atoms with Gasteiger partial charge in [-0.05, 0) is 115 Å². The van der Waals surface area contributed by atoms with E-state index in [1.807, 2.05) is 146 Å². The molecule has 10 rings (SSSR count). The maximum atomic E-state index is 14.3. The number of esters is 3. The molecule has 8 aromatic carbocycles. The Morgan fingerprint density at radius 1 is 0.438 bits per heavy atom. The predicted octanol–water partition coefficient (Wildman–Crippen LogP) is 14.0. The molecule has 2 aliphatic carbocycles. The highest BCUT2D eigenvalue weighted by Gasteiger charge is 2.56. The van der Waals surface area contributed by atoms with Gasteiger partial charge < -0.3 is 19.3 Å². The van der Waals surface area contributed by atoms with Crippen molar-refractivity contribution in [1.29, 1.82) is 0 Å². The van der Waals surface area contributed by atoms with E-state index in [1.54, 1.807) is 6.92 Å². The minimum Gasteiger partial charge on any atom is -0.469 e. The number of methoxy groups -OCH3 is 1. The first-order valence-corrected chi connectivity index (χ1v) is 27.7. The highest BCUT2D eigenvalue weighted by atomic mass is 16.6. The Bertz CT molecular complexity index is 3320. The second kappa shape index (κ2) is 23.8. The van der Waals surface area contributed by atoms with E-state index < -0.39 is 52.2 Å². The summed E-state index contributed by atoms with van der Waals surface area (Å²) in [6.07, 6.45) is 0. The largest absolute Gasteiger partial charge is 0.469 e. The van der Waals surface area contributed by atoms with Gasteiger partial charge in [0.2, 0.25) is 0 Å². The summed E-state index contributed by atoms with van der Waals surface area (Å²) in [4.78, 5) is 46.2. The molecule has 0 amide bonds. The summed E-state index contributed by atoms with van der Waals surface area (Å²) in [6, 6.07) is 72.9. The van der Waals surface area contributed by atoms with Gasteiger partial charge in [0.15, 0.2) is 0 Å². The van der Waals surface area contributed by atoms with E-state index in [1.165, 1.54) is 7.11 Å². The quantitative estimate of drug-likeness (QED) is 0.0748. The average molecular weight is 1070 g/mol. The van der Waals surface area contributed by atoms with Crippen molar-refractivity contribution in [2.24, 2.45) is 11.8 Å². The van der Waals surface area contributed by atoms with Crippen molar-refractivity contribution < 1.29 is 35.1 Å². The fraction of sp³-hybridized carbons (Fsp3) is 0.282. The zero-order valence-corrected chi connectivity index (χ0v) is 47.5. The van der Waals surface area contributed by atoms with E-state index in [-0.39, 0.29) is 19.9 Å². The third-order valence-corrected chi connectivity index (χ3v) is 15.3. The van der Waals surface area contributed by atoms with Gasteiger partial charge in [0.1, 0.15) is 23.3 Å². The van der Waals surface area contributed by atoms with E-state index >= 15 is 0 Å². The number of carbonyl (C=O) groups excluding carboxylic acids is 3. The van der Waals surface area contributed by atoms with Gasteiger partial charge in [0.25, 0.3) is 0 Å². The molecule has 0 heterocycles. The van der Waals surface area contributed by atoms with E-state index in [9.17, 15) is 19.5 Å². The van der Waals surface area contributed by atoms with Crippen LogP contribution in [0.1, 0.15) is 101 Å². The Morgan fingerprint density at radius 2 is 0.725 bits per heavy atom. The zero-order chi connectivity index (χ0) is 56.8. The molecule has 0 spiro atoms. The molecule has 0 saturated heterocycles. The number of carbonyl (C=O) groups is 3. The van der Waals surface area contributed by atoms with Gasteiger partial charge in [0, 0.05) is 27.0 Å². The van der Waals surface area contributed by atoms with E-state index in [2.05, 4.69) is 131 Å². The fourth-order valence-electron chi connectivity index (χ4n) is 12.2. The molecular formula is C71H76N2O7. The van der Waals surface area contributed by atoms with Gasteiger partial charge >= 0.3 is 17.9 Å². The van der Waals surface area contributed by atoms with Crippen molar-refractivity contribution in [3.8, 4) is 22.3 Å². The van der Waals surface area contributed by atoms with Crippen molar-refractivity contribution in [3.05, 3.63) is 263 Å². The number of fused-ring (bicyclic) bond motifs is 6. The van der Waals surface area contributed by atoms with Crippen molar-refractivity contribution in [2.75, 3.05) is 13.7 Å². The molecule has 0 aliphatic heterocycles. The first kappa shape index (κ1) is 56.8. The molecular weight excluding hydrogens is 993 g/mol. The van der Waals surface area contributed by atoms with Crippen LogP contribution in [-0.2, 0) is 52.8 Å². The molecule has 9 nitrogen and oxygen atoms in total. The standard InChI is InChI=1S/C36H37NO4.C35H37NO3.H2/c1-25(33(38)40-5)32(34(39)41-35(2,3)4)37(24-26-16-8-6-9-17-26)36(27-18-10-7-11-19-27)30-22-14-12-20-28(30)29-21-13-15-23-31(29)36;1-25(24-37)32(33(38)39-34(2,3)4)36(23-26-15-7-5-8-16-26)35(27-17-9-6-10-18-27)30-21-13-11-19-28(30)29-20-12-14-22-31(29)35;/h6-23,25,32H,24H2,1-5H3;5-22,25,32,37H,23-24H2,1-4H3;1H/t25-,32+;25-,32-;/m10./s1/i;;1+1. The summed E-state index contributed by atoms with van der Waals surface area (Å²) in [7, 11) is 1.36. The fourth-order valence-corrected chi connectivity index (χ4v) is 12.2. The number of benzene rings is 8. The molecule has 0 saturated carbocycles. The van der Waals surface area contributed by atoms with E-state index in [0.717, 1.165) is 66.8 Å². The first-order valence-electron chi connectivity index (χ1n) is 27.7. The van der Waals surface area contributed by atoms with Crippen LogP contribution < -0.4 is 0 Å². The van der Waals surface area contributed by atoms with Crippen LogP contribution in [0.4, 0.5) is 0 Å². The molecule has 1 N–H and O–H groups in total.